The van der Waals surface area contributed by atoms with Crippen molar-refractivity contribution in [2.24, 2.45) is 5.10 Å². The van der Waals surface area contributed by atoms with Crippen LogP contribution in [0.2, 0.25) is 0 Å². The van der Waals surface area contributed by atoms with Gasteiger partial charge in [-0.1, -0.05) is 28.1 Å². The highest BCUT2D eigenvalue weighted by Gasteiger charge is 2.15. The van der Waals surface area contributed by atoms with E-state index in [1.54, 1.807) is 0 Å². The van der Waals surface area contributed by atoms with E-state index in [2.05, 4.69) is 26.3 Å². The summed E-state index contributed by atoms with van der Waals surface area (Å²) in [6, 6.07) is 9.33. The van der Waals surface area contributed by atoms with Crippen molar-refractivity contribution < 1.29 is 18.4 Å². The Hall–Kier alpha value is -2.61. The molecule has 0 aromatic heterocycles. The van der Waals surface area contributed by atoms with Crippen molar-refractivity contribution in [3.63, 3.8) is 0 Å². The summed E-state index contributed by atoms with van der Waals surface area (Å²) >= 11 is 3.08. The third kappa shape index (κ3) is 4.96. The summed E-state index contributed by atoms with van der Waals surface area (Å²) in [7, 11) is 0. The minimum Gasteiger partial charge on any atom is -0.315 e. The minimum atomic E-state index is -1.07. The zero-order valence-electron chi connectivity index (χ0n) is 11.5. The number of hydrogen-bond acceptors (Lipinski definition) is 3. The first-order valence-electron chi connectivity index (χ1n) is 6.31. The summed E-state index contributed by atoms with van der Waals surface area (Å²) in [5.74, 6) is -3.22. The molecular weight excluding hydrogens is 372 g/mol. The average molecular weight is 382 g/mol. The number of amides is 2. The van der Waals surface area contributed by atoms with Gasteiger partial charge in [0.1, 0.15) is 11.6 Å². The highest BCUT2D eigenvalue weighted by atomic mass is 79.9. The molecule has 0 saturated carbocycles. The molecule has 0 bridgehead atoms. The number of carbonyl (C=O) groups excluding carboxylic acids is 2. The Labute approximate surface area is 138 Å². The standard InChI is InChI=1S/C15H10BrF2N3O2/c16-10-3-6-13(12(18)7-10)20-14(22)15(23)21-19-8-9-1-4-11(17)5-2-9/h1-8H,(H,20,22)(H,21,23)/b19-8+. The number of carbonyl (C=O) groups is 2. The number of hydrogen-bond donors (Lipinski definition) is 2. The predicted octanol–water partition coefficient (Wildman–Crippen LogP) is 2.82. The van der Waals surface area contributed by atoms with Crippen LogP contribution in [0.25, 0.3) is 0 Å². The van der Waals surface area contributed by atoms with Crippen LogP contribution in [0.15, 0.2) is 52.0 Å². The van der Waals surface area contributed by atoms with Crippen molar-refractivity contribution >= 4 is 39.6 Å². The number of nitrogens with zero attached hydrogens (tertiary/aromatic N) is 1. The van der Waals surface area contributed by atoms with Gasteiger partial charge in [-0.2, -0.15) is 5.10 Å². The first kappa shape index (κ1) is 16.8. The van der Waals surface area contributed by atoms with Crippen molar-refractivity contribution in [2.45, 2.75) is 0 Å². The van der Waals surface area contributed by atoms with E-state index in [9.17, 15) is 18.4 Å². The zero-order valence-corrected chi connectivity index (χ0v) is 13.1. The summed E-state index contributed by atoms with van der Waals surface area (Å²) in [5, 5.41) is 5.68. The van der Waals surface area contributed by atoms with Gasteiger partial charge in [0, 0.05) is 4.47 Å². The maximum Gasteiger partial charge on any atom is 0.329 e. The van der Waals surface area contributed by atoms with E-state index in [0.29, 0.717) is 10.0 Å². The fraction of sp³-hybridized carbons (Fsp3) is 0. The van der Waals surface area contributed by atoms with Crippen LogP contribution >= 0.6 is 15.9 Å². The van der Waals surface area contributed by atoms with Crippen LogP contribution in [-0.2, 0) is 9.59 Å². The lowest BCUT2D eigenvalue weighted by Gasteiger charge is -2.05. The van der Waals surface area contributed by atoms with E-state index >= 15 is 0 Å². The maximum absolute atomic E-state index is 13.5. The van der Waals surface area contributed by atoms with E-state index in [-0.39, 0.29) is 5.69 Å². The second-order valence-electron chi connectivity index (χ2n) is 4.33. The molecule has 2 aromatic carbocycles. The summed E-state index contributed by atoms with van der Waals surface area (Å²) < 4.78 is 26.8. The molecule has 0 aliphatic rings. The fourth-order valence-corrected chi connectivity index (χ4v) is 1.87. The summed E-state index contributed by atoms with van der Waals surface area (Å²) in [5.41, 5.74) is 2.39. The summed E-state index contributed by atoms with van der Waals surface area (Å²) in [6.45, 7) is 0. The fourth-order valence-electron chi connectivity index (χ4n) is 1.53. The van der Waals surface area contributed by atoms with Gasteiger partial charge in [0.15, 0.2) is 0 Å². The summed E-state index contributed by atoms with van der Waals surface area (Å²) in [4.78, 5) is 23.2. The van der Waals surface area contributed by atoms with Crippen molar-refractivity contribution in [1.29, 1.82) is 0 Å². The van der Waals surface area contributed by atoms with Crippen molar-refractivity contribution in [3.05, 3.63) is 64.1 Å². The Bertz CT molecular complexity index is 764. The lowest BCUT2D eigenvalue weighted by Crippen LogP contribution is -2.32. The maximum atomic E-state index is 13.5. The molecule has 8 heteroatoms. The molecule has 2 rings (SSSR count). The number of halogens is 3. The van der Waals surface area contributed by atoms with Crippen LogP contribution in [0.5, 0.6) is 0 Å². The lowest BCUT2D eigenvalue weighted by atomic mass is 10.2. The van der Waals surface area contributed by atoms with Crippen molar-refractivity contribution in [2.75, 3.05) is 5.32 Å². The molecular formula is C15H10BrF2N3O2. The Balaban J connectivity index is 1.92. The molecule has 0 aliphatic carbocycles. The summed E-state index contributed by atoms with van der Waals surface area (Å²) in [6.07, 6.45) is 1.24. The molecule has 0 spiro atoms. The van der Waals surface area contributed by atoms with Crippen molar-refractivity contribution in [1.82, 2.24) is 5.43 Å². The molecule has 118 valence electrons. The number of nitrogens with one attached hydrogen (secondary N) is 2. The Morgan fingerprint density at radius 1 is 1.04 bits per heavy atom. The molecule has 0 fully saturated rings. The topological polar surface area (TPSA) is 70.6 Å². The minimum absolute atomic E-state index is 0.129. The molecule has 2 amide bonds. The molecule has 2 aromatic rings. The van der Waals surface area contributed by atoms with Crippen LogP contribution in [0.4, 0.5) is 14.5 Å². The quantitative estimate of drug-likeness (QED) is 0.487. The molecule has 23 heavy (non-hydrogen) atoms. The van der Waals surface area contributed by atoms with Crippen LogP contribution in [0.3, 0.4) is 0 Å². The first-order valence-corrected chi connectivity index (χ1v) is 7.10. The van der Waals surface area contributed by atoms with Gasteiger partial charge in [-0.15, -0.1) is 0 Å². The van der Waals surface area contributed by atoms with E-state index in [0.717, 1.165) is 6.07 Å². The van der Waals surface area contributed by atoms with Gasteiger partial charge in [-0.3, -0.25) is 9.59 Å². The molecule has 0 aliphatic heterocycles. The van der Waals surface area contributed by atoms with Crippen molar-refractivity contribution in [3.8, 4) is 0 Å². The highest BCUT2D eigenvalue weighted by Crippen LogP contribution is 2.19. The molecule has 2 N–H and O–H groups in total. The zero-order chi connectivity index (χ0) is 16.8. The van der Waals surface area contributed by atoms with Gasteiger partial charge in [0.2, 0.25) is 0 Å². The predicted molar refractivity (Wildman–Crippen MR) is 84.9 cm³/mol. The Kier molecular flexibility index (Phi) is 5.53. The second kappa shape index (κ2) is 7.59. The monoisotopic (exact) mass is 381 g/mol. The molecule has 0 unspecified atom stereocenters. The second-order valence-corrected chi connectivity index (χ2v) is 5.24. The molecule has 0 radical (unpaired) electrons. The number of hydrazone groups is 1. The molecule has 5 nitrogen and oxygen atoms in total. The first-order chi connectivity index (χ1) is 11.0. The number of rotatable bonds is 3. The normalized spacial score (nSPS) is 10.6. The van der Waals surface area contributed by atoms with Gasteiger partial charge in [0.05, 0.1) is 11.9 Å². The SMILES string of the molecule is O=C(N/N=C/c1ccc(F)cc1)C(=O)Nc1ccc(Br)cc1F. The van der Waals surface area contributed by atoms with E-state index in [1.165, 1.54) is 42.6 Å². The van der Waals surface area contributed by atoms with Crippen LogP contribution in [-0.4, -0.2) is 18.0 Å². The van der Waals surface area contributed by atoms with Crippen LogP contribution in [0, 0.1) is 11.6 Å². The third-order valence-electron chi connectivity index (χ3n) is 2.64. The van der Waals surface area contributed by atoms with Gasteiger partial charge < -0.3 is 5.32 Å². The van der Waals surface area contributed by atoms with E-state index in [1.807, 2.05) is 5.43 Å². The molecule has 0 saturated heterocycles. The highest BCUT2D eigenvalue weighted by molar-refractivity contribution is 9.10. The van der Waals surface area contributed by atoms with Gasteiger partial charge in [-0.05, 0) is 35.9 Å². The van der Waals surface area contributed by atoms with Crippen LogP contribution < -0.4 is 10.7 Å². The van der Waals surface area contributed by atoms with E-state index in [4.69, 9.17) is 0 Å². The van der Waals surface area contributed by atoms with Gasteiger partial charge in [-0.25, -0.2) is 14.2 Å². The smallest absolute Gasteiger partial charge is 0.315 e. The number of anilines is 1. The van der Waals surface area contributed by atoms with Gasteiger partial charge >= 0.3 is 11.8 Å². The largest absolute Gasteiger partial charge is 0.329 e. The molecule has 0 heterocycles. The Morgan fingerprint density at radius 2 is 1.74 bits per heavy atom. The van der Waals surface area contributed by atoms with E-state index < -0.39 is 23.4 Å². The lowest BCUT2D eigenvalue weighted by molar-refractivity contribution is -0.136. The average Bonchev–Trinajstić information content (AvgIpc) is 2.51. The van der Waals surface area contributed by atoms with Gasteiger partial charge in [0.25, 0.3) is 0 Å². The van der Waals surface area contributed by atoms with Crippen LogP contribution in [0.1, 0.15) is 5.56 Å². The third-order valence-corrected chi connectivity index (χ3v) is 3.13. The molecule has 0 atom stereocenters. The number of benzene rings is 2. The Morgan fingerprint density at radius 3 is 2.39 bits per heavy atom.